The molecule has 5 nitrogen and oxygen atoms in total. The lowest BCUT2D eigenvalue weighted by Gasteiger charge is -2.34. The van der Waals surface area contributed by atoms with Crippen LogP contribution in [0.1, 0.15) is 13.3 Å². The minimum atomic E-state index is -3.25. The first-order chi connectivity index (χ1) is 12.1. The Morgan fingerprint density at radius 1 is 1.00 bits per heavy atom. The molecule has 1 heterocycles. The van der Waals surface area contributed by atoms with Gasteiger partial charge in [-0.2, -0.15) is 0 Å². The quantitative estimate of drug-likeness (QED) is 0.794. The summed E-state index contributed by atoms with van der Waals surface area (Å²) in [6.07, 6.45) is 1.45. The van der Waals surface area contributed by atoms with Crippen LogP contribution in [0.25, 0.3) is 0 Å². The topological polar surface area (TPSA) is 60.9 Å². The molecule has 0 aromatic heterocycles. The molecule has 2 aromatic rings. The van der Waals surface area contributed by atoms with Crippen molar-refractivity contribution in [1.29, 1.82) is 0 Å². The van der Waals surface area contributed by atoms with Crippen molar-refractivity contribution in [1.82, 2.24) is 0 Å². The number of anilines is 2. The highest BCUT2D eigenvalue weighted by Crippen LogP contribution is 2.66. The zero-order valence-corrected chi connectivity index (χ0v) is 15.0. The van der Waals surface area contributed by atoms with Gasteiger partial charge in [0.1, 0.15) is 0 Å². The number of aliphatic carboxylic acids is 1. The second kappa shape index (κ2) is 7.16. The normalized spacial score (nSPS) is 16.9. The first-order valence-corrected chi connectivity index (χ1v) is 9.82. The third kappa shape index (κ3) is 3.20. The summed E-state index contributed by atoms with van der Waals surface area (Å²) in [4.78, 5) is 11.4. The fraction of sp³-hybridized carbons (Fsp3) is 0.211. The highest BCUT2D eigenvalue weighted by molar-refractivity contribution is 7.71. The fourth-order valence-electron chi connectivity index (χ4n) is 3.20. The Morgan fingerprint density at radius 3 is 1.80 bits per heavy atom. The molecule has 25 heavy (non-hydrogen) atoms. The molecule has 3 rings (SSSR count). The third-order valence-corrected chi connectivity index (χ3v) is 7.66. The van der Waals surface area contributed by atoms with Gasteiger partial charge in [-0.1, -0.05) is 42.5 Å². The molecule has 0 bridgehead atoms. The number of nitrogens with zero attached hydrogens (tertiary/aromatic N) is 2. The Hall–Kier alpha value is -2.52. The monoisotopic (exact) mass is 356 g/mol. The molecule has 0 unspecified atom stereocenters. The van der Waals surface area contributed by atoms with Crippen molar-refractivity contribution in [3.05, 3.63) is 72.1 Å². The Kier molecular flexibility index (Phi) is 4.95. The standard InChI is InChI=1S/C19H21N2O3P/c1-2-18(15-19(22)23)25(24)20(16-9-5-3-6-10-16)13-14-21(25)17-11-7-4-8-12-17/h2-12H,13-15H2,1H3,(H,22,23). The number of carboxylic acid groups (broad SMARTS) is 1. The van der Waals surface area contributed by atoms with Gasteiger partial charge in [0.25, 0.3) is 7.44 Å². The number of rotatable bonds is 5. The van der Waals surface area contributed by atoms with Gasteiger partial charge in [-0.25, -0.2) is 0 Å². The van der Waals surface area contributed by atoms with Crippen molar-refractivity contribution >= 4 is 24.8 Å². The van der Waals surface area contributed by atoms with Crippen molar-refractivity contribution in [2.45, 2.75) is 13.3 Å². The molecule has 1 N–H and O–H groups in total. The predicted molar refractivity (Wildman–Crippen MR) is 101 cm³/mol. The van der Waals surface area contributed by atoms with Gasteiger partial charge in [0.05, 0.1) is 6.42 Å². The maximum absolute atomic E-state index is 14.3. The smallest absolute Gasteiger partial charge is 0.308 e. The molecule has 0 atom stereocenters. The Balaban J connectivity index is 2.12. The first-order valence-electron chi connectivity index (χ1n) is 8.21. The Bertz CT molecular complexity index is 770. The van der Waals surface area contributed by atoms with E-state index in [2.05, 4.69) is 0 Å². The summed E-state index contributed by atoms with van der Waals surface area (Å²) in [7, 11) is -3.25. The molecule has 0 spiro atoms. The minimum Gasteiger partial charge on any atom is -0.481 e. The van der Waals surface area contributed by atoms with E-state index in [-0.39, 0.29) is 6.42 Å². The molecule has 1 aliphatic heterocycles. The minimum absolute atomic E-state index is 0.236. The SMILES string of the molecule is CC=C(CC(=O)O)P1(=O)N(c2ccccc2)CCN1c1ccccc1. The van der Waals surface area contributed by atoms with Crippen molar-refractivity contribution in [3.63, 3.8) is 0 Å². The highest BCUT2D eigenvalue weighted by atomic mass is 31.2. The van der Waals surface area contributed by atoms with Crippen LogP contribution in [0.3, 0.4) is 0 Å². The van der Waals surface area contributed by atoms with E-state index in [4.69, 9.17) is 0 Å². The van der Waals surface area contributed by atoms with Crippen LogP contribution in [0, 0.1) is 0 Å². The summed E-state index contributed by atoms with van der Waals surface area (Å²) in [5.41, 5.74) is 1.68. The van der Waals surface area contributed by atoms with Gasteiger partial charge in [-0.05, 0) is 31.2 Å². The predicted octanol–water partition coefficient (Wildman–Crippen LogP) is 4.58. The molecule has 0 saturated carbocycles. The van der Waals surface area contributed by atoms with E-state index in [0.29, 0.717) is 18.4 Å². The van der Waals surface area contributed by atoms with Gasteiger partial charge in [-0.15, -0.1) is 0 Å². The van der Waals surface area contributed by atoms with Gasteiger partial charge in [-0.3, -0.25) is 9.36 Å². The Morgan fingerprint density at radius 2 is 1.44 bits per heavy atom. The summed E-state index contributed by atoms with van der Waals surface area (Å²) in [5.74, 6) is -0.976. The van der Waals surface area contributed by atoms with Crippen LogP contribution in [0.4, 0.5) is 11.4 Å². The van der Waals surface area contributed by atoms with Crippen LogP contribution in [0.15, 0.2) is 72.1 Å². The second-order valence-corrected chi connectivity index (χ2v) is 8.44. The van der Waals surface area contributed by atoms with Crippen LogP contribution >= 0.6 is 7.44 Å². The molecule has 0 amide bonds. The molecular weight excluding hydrogens is 335 g/mol. The number of benzene rings is 2. The highest BCUT2D eigenvalue weighted by Gasteiger charge is 2.46. The molecule has 1 aliphatic rings. The van der Waals surface area contributed by atoms with Gasteiger partial charge in [0, 0.05) is 29.8 Å². The first kappa shape index (κ1) is 17.3. The molecular formula is C19H21N2O3P. The molecule has 0 radical (unpaired) electrons. The number of carbonyl (C=O) groups is 1. The maximum Gasteiger partial charge on any atom is 0.308 e. The van der Waals surface area contributed by atoms with Crippen molar-refractivity contribution in [2.24, 2.45) is 0 Å². The zero-order chi connectivity index (χ0) is 17.9. The Labute approximate surface area is 147 Å². The molecule has 1 fully saturated rings. The number of hydrogen-bond acceptors (Lipinski definition) is 2. The van der Waals surface area contributed by atoms with Gasteiger partial charge >= 0.3 is 5.97 Å². The van der Waals surface area contributed by atoms with Crippen molar-refractivity contribution < 1.29 is 14.5 Å². The number of carboxylic acids is 1. The van der Waals surface area contributed by atoms with Gasteiger partial charge in [0.15, 0.2) is 0 Å². The van der Waals surface area contributed by atoms with Crippen LogP contribution in [0.2, 0.25) is 0 Å². The second-order valence-electron chi connectivity index (χ2n) is 5.81. The van der Waals surface area contributed by atoms with E-state index in [1.165, 1.54) is 0 Å². The van der Waals surface area contributed by atoms with Gasteiger partial charge < -0.3 is 14.4 Å². The zero-order valence-electron chi connectivity index (χ0n) is 14.1. The maximum atomic E-state index is 14.3. The molecule has 0 aliphatic carbocycles. The third-order valence-electron chi connectivity index (χ3n) is 4.33. The van der Waals surface area contributed by atoms with Crippen molar-refractivity contribution in [3.8, 4) is 0 Å². The van der Waals surface area contributed by atoms with Crippen LogP contribution in [-0.4, -0.2) is 24.2 Å². The number of hydrogen-bond donors (Lipinski definition) is 1. The number of allylic oxidation sites excluding steroid dienone is 1. The lowest BCUT2D eigenvalue weighted by atomic mass is 10.3. The lowest BCUT2D eigenvalue weighted by Crippen LogP contribution is -2.21. The number of para-hydroxylation sites is 2. The summed E-state index contributed by atoms with van der Waals surface area (Å²) in [5, 5.41) is 9.75. The van der Waals surface area contributed by atoms with E-state index in [1.807, 2.05) is 70.0 Å². The summed E-state index contributed by atoms with van der Waals surface area (Å²) in [6, 6.07) is 19.1. The van der Waals surface area contributed by atoms with Crippen LogP contribution in [-0.2, 0) is 9.36 Å². The summed E-state index contributed by atoms with van der Waals surface area (Å²) >= 11 is 0. The fourth-order valence-corrected chi connectivity index (χ4v) is 6.37. The van der Waals surface area contributed by atoms with E-state index in [9.17, 15) is 14.5 Å². The average molecular weight is 356 g/mol. The van der Waals surface area contributed by atoms with E-state index < -0.39 is 13.4 Å². The van der Waals surface area contributed by atoms with Crippen LogP contribution < -0.4 is 9.34 Å². The summed E-state index contributed by atoms with van der Waals surface area (Å²) in [6.45, 7) is 2.91. The van der Waals surface area contributed by atoms with Gasteiger partial charge in [0.2, 0.25) is 0 Å². The largest absolute Gasteiger partial charge is 0.481 e. The van der Waals surface area contributed by atoms with E-state index >= 15 is 0 Å². The van der Waals surface area contributed by atoms with E-state index in [0.717, 1.165) is 11.4 Å². The van der Waals surface area contributed by atoms with E-state index in [1.54, 1.807) is 13.0 Å². The molecule has 1 saturated heterocycles. The lowest BCUT2D eigenvalue weighted by molar-refractivity contribution is -0.136. The van der Waals surface area contributed by atoms with Crippen molar-refractivity contribution in [2.75, 3.05) is 22.4 Å². The average Bonchev–Trinajstić information content (AvgIpc) is 2.99. The molecule has 6 heteroatoms. The molecule has 130 valence electrons. The van der Waals surface area contributed by atoms with Crippen LogP contribution in [0.5, 0.6) is 0 Å². The molecule has 2 aromatic carbocycles. The summed E-state index contributed by atoms with van der Waals surface area (Å²) < 4.78 is 18.0.